The van der Waals surface area contributed by atoms with Gasteiger partial charge >= 0.3 is 0 Å². The SMILES string of the molecule is CC(C)CC1CN(C(C)C2CCC2)C(C(C)C)CN1. The van der Waals surface area contributed by atoms with Crippen molar-refractivity contribution in [2.75, 3.05) is 13.1 Å². The summed E-state index contributed by atoms with van der Waals surface area (Å²) in [4.78, 5) is 2.85. The highest BCUT2D eigenvalue weighted by Gasteiger charge is 2.37. The van der Waals surface area contributed by atoms with Crippen LogP contribution in [0.1, 0.15) is 60.3 Å². The van der Waals surface area contributed by atoms with Gasteiger partial charge in [0.05, 0.1) is 0 Å². The Hall–Kier alpha value is -0.0800. The van der Waals surface area contributed by atoms with Gasteiger partial charge in [-0.1, -0.05) is 34.1 Å². The van der Waals surface area contributed by atoms with Crippen LogP contribution in [0.3, 0.4) is 0 Å². The Morgan fingerprint density at radius 1 is 1.11 bits per heavy atom. The molecule has 0 aromatic carbocycles. The maximum atomic E-state index is 3.80. The highest BCUT2D eigenvalue weighted by molar-refractivity contribution is 4.93. The van der Waals surface area contributed by atoms with E-state index in [1.807, 2.05) is 0 Å². The first-order chi connectivity index (χ1) is 8.99. The molecular weight excluding hydrogens is 232 g/mol. The van der Waals surface area contributed by atoms with E-state index in [2.05, 4.69) is 44.8 Å². The van der Waals surface area contributed by atoms with Crippen LogP contribution in [0, 0.1) is 17.8 Å². The third-order valence-corrected chi connectivity index (χ3v) is 5.35. The Labute approximate surface area is 120 Å². The summed E-state index contributed by atoms with van der Waals surface area (Å²) in [6.45, 7) is 14.4. The van der Waals surface area contributed by atoms with Crippen molar-refractivity contribution in [3.63, 3.8) is 0 Å². The minimum absolute atomic E-state index is 0.706. The molecule has 3 atom stereocenters. The number of hydrogen-bond acceptors (Lipinski definition) is 2. The van der Waals surface area contributed by atoms with E-state index >= 15 is 0 Å². The molecule has 2 fully saturated rings. The van der Waals surface area contributed by atoms with Crippen molar-refractivity contribution in [2.24, 2.45) is 17.8 Å². The summed E-state index contributed by atoms with van der Waals surface area (Å²) in [5.41, 5.74) is 0. The van der Waals surface area contributed by atoms with Gasteiger partial charge in [0, 0.05) is 31.2 Å². The molecule has 0 amide bonds. The zero-order valence-corrected chi connectivity index (χ0v) is 13.7. The van der Waals surface area contributed by atoms with Gasteiger partial charge in [-0.15, -0.1) is 0 Å². The first kappa shape index (κ1) is 15.3. The lowest BCUT2D eigenvalue weighted by Crippen LogP contribution is -2.62. The van der Waals surface area contributed by atoms with Gasteiger partial charge in [-0.2, -0.15) is 0 Å². The van der Waals surface area contributed by atoms with Gasteiger partial charge in [0.1, 0.15) is 0 Å². The molecule has 1 aliphatic carbocycles. The normalized spacial score (nSPS) is 31.7. The van der Waals surface area contributed by atoms with E-state index in [1.165, 1.54) is 38.8 Å². The van der Waals surface area contributed by atoms with Gasteiger partial charge in [-0.3, -0.25) is 4.90 Å². The van der Waals surface area contributed by atoms with Crippen LogP contribution in [0.15, 0.2) is 0 Å². The summed E-state index contributed by atoms with van der Waals surface area (Å²) < 4.78 is 0. The molecule has 1 N–H and O–H groups in total. The zero-order valence-electron chi connectivity index (χ0n) is 13.7. The van der Waals surface area contributed by atoms with Crippen molar-refractivity contribution >= 4 is 0 Å². The molecule has 19 heavy (non-hydrogen) atoms. The Bertz CT molecular complexity index is 270. The molecule has 1 saturated heterocycles. The fourth-order valence-electron chi connectivity index (χ4n) is 3.87. The summed E-state index contributed by atoms with van der Waals surface area (Å²) in [7, 11) is 0. The van der Waals surface area contributed by atoms with E-state index in [0.717, 1.165) is 29.8 Å². The summed E-state index contributed by atoms with van der Waals surface area (Å²) >= 11 is 0. The lowest BCUT2D eigenvalue weighted by atomic mass is 9.78. The van der Waals surface area contributed by atoms with E-state index < -0.39 is 0 Å². The van der Waals surface area contributed by atoms with Crippen LogP contribution in [0.4, 0.5) is 0 Å². The van der Waals surface area contributed by atoms with Crippen LogP contribution in [0.25, 0.3) is 0 Å². The molecule has 0 bridgehead atoms. The van der Waals surface area contributed by atoms with E-state index in [1.54, 1.807) is 0 Å². The third-order valence-electron chi connectivity index (χ3n) is 5.35. The lowest BCUT2D eigenvalue weighted by molar-refractivity contribution is 0.0152. The van der Waals surface area contributed by atoms with Gasteiger partial charge in [0.2, 0.25) is 0 Å². The summed E-state index contributed by atoms with van der Waals surface area (Å²) in [6.07, 6.45) is 5.71. The summed E-state index contributed by atoms with van der Waals surface area (Å²) in [6, 6.07) is 2.23. The molecular formula is C17H34N2. The van der Waals surface area contributed by atoms with Crippen molar-refractivity contribution in [1.29, 1.82) is 0 Å². The monoisotopic (exact) mass is 266 g/mol. The van der Waals surface area contributed by atoms with Crippen LogP contribution < -0.4 is 5.32 Å². The fourth-order valence-corrected chi connectivity index (χ4v) is 3.87. The van der Waals surface area contributed by atoms with E-state index in [0.29, 0.717) is 6.04 Å². The molecule has 2 nitrogen and oxygen atoms in total. The van der Waals surface area contributed by atoms with Crippen molar-refractivity contribution in [3.8, 4) is 0 Å². The van der Waals surface area contributed by atoms with Crippen molar-refractivity contribution in [3.05, 3.63) is 0 Å². The number of nitrogens with one attached hydrogen (secondary N) is 1. The van der Waals surface area contributed by atoms with Crippen LogP contribution >= 0.6 is 0 Å². The van der Waals surface area contributed by atoms with E-state index in [4.69, 9.17) is 0 Å². The number of piperazine rings is 1. The average Bonchev–Trinajstić information content (AvgIpc) is 2.25. The molecule has 112 valence electrons. The summed E-state index contributed by atoms with van der Waals surface area (Å²) in [5.74, 6) is 2.53. The van der Waals surface area contributed by atoms with Gasteiger partial charge in [-0.25, -0.2) is 0 Å². The van der Waals surface area contributed by atoms with E-state index in [9.17, 15) is 0 Å². The fraction of sp³-hybridized carbons (Fsp3) is 1.00. The summed E-state index contributed by atoms with van der Waals surface area (Å²) in [5, 5.41) is 3.80. The largest absolute Gasteiger partial charge is 0.311 e. The predicted octanol–water partition coefficient (Wildman–Crippen LogP) is 3.52. The number of nitrogens with zero attached hydrogens (tertiary/aromatic N) is 1. The number of hydrogen-bond donors (Lipinski definition) is 1. The molecule has 3 unspecified atom stereocenters. The van der Waals surface area contributed by atoms with Gasteiger partial charge in [0.15, 0.2) is 0 Å². The molecule has 0 radical (unpaired) electrons. The highest BCUT2D eigenvalue weighted by atomic mass is 15.3. The molecule has 2 heteroatoms. The molecule has 1 heterocycles. The topological polar surface area (TPSA) is 15.3 Å². The highest BCUT2D eigenvalue weighted by Crippen LogP contribution is 2.34. The molecule has 2 aliphatic rings. The molecule has 0 aromatic rings. The first-order valence-electron chi connectivity index (χ1n) is 8.48. The minimum Gasteiger partial charge on any atom is -0.311 e. The average molecular weight is 266 g/mol. The van der Waals surface area contributed by atoms with Gasteiger partial charge in [-0.05, 0) is 43.9 Å². The molecule has 0 spiro atoms. The Kier molecular flexibility index (Phi) is 5.30. The van der Waals surface area contributed by atoms with Crippen LogP contribution in [0.2, 0.25) is 0 Å². The molecule has 1 aliphatic heterocycles. The van der Waals surface area contributed by atoms with Crippen molar-refractivity contribution in [1.82, 2.24) is 10.2 Å². The van der Waals surface area contributed by atoms with Crippen LogP contribution in [-0.4, -0.2) is 36.1 Å². The van der Waals surface area contributed by atoms with Gasteiger partial charge < -0.3 is 5.32 Å². The molecule has 0 aromatic heterocycles. The minimum atomic E-state index is 0.706. The predicted molar refractivity (Wildman–Crippen MR) is 83.4 cm³/mol. The Morgan fingerprint density at radius 2 is 1.79 bits per heavy atom. The quantitative estimate of drug-likeness (QED) is 0.819. The van der Waals surface area contributed by atoms with Gasteiger partial charge in [0.25, 0.3) is 0 Å². The maximum absolute atomic E-state index is 3.80. The smallest absolute Gasteiger partial charge is 0.0247 e. The number of rotatable bonds is 5. The Balaban J connectivity index is 1.99. The second-order valence-electron chi connectivity index (χ2n) is 7.67. The first-order valence-corrected chi connectivity index (χ1v) is 8.48. The van der Waals surface area contributed by atoms with E-state index in [-0.39, 0.29) is 0 Å². The zero-order chi connectivity index (χ0) is 14.0. The van der Waals surface area contributed by atoms with Crippen molar-refractivity contribution in [2.45, 2.75) is 78.4 Å². The second-order valence-corrected chi connectivity index (χ2v) is 7.67. The lowest BCUT2D eigenvalue weighted by Gasteiger charge is -2.49. The standard InChI is InChI=1S/C17H34N2/c1-12(2)9-16-11-19(14(5)15-7-6-8-15)17(10-18-16)13(3)4/h12-18H,6-11H2,1-5H3. The Morgan fingerprint density at radius 3 is 2.26 bits per heavy atom. The maximum Gasteiger partial charge on any atom is 0.0247 e. The molecule has 2 rings (SSSR count). The van der Waals surface area contributed by atoms with Crippen molar-refractivity contribution < 1.29 is 0 Å². The van der Waals surface area contributed by atoms with Crippen LogP contribution in [-0.2, 0) is 0 Å². The molecule has 1 saturated carbocycles. The third kappa shape index (κ3) is 3.72. The van der Waals surface area contributed by atoms with Crippen LogP contribution in [0.5, 0.6) is 0 Å². The second kappa shape index (κ2) is 6.58.